The summed E-state index contributed by atoms with van der Waals surface area (Å²) >= 11 is 0. The molecule has 0 saturated heterocycles. The molecule has 158 valence electrons. The van der Waals surface area contributed by atoms with Gasteiger partial charge in [0, 0.05) is 29.1 Å². The minimum atomic E-state index is -3.89. The van der Waals surface area contributed by atoms with Gasteiger partial charge in [0.05, 0.1) is 15.4 Å². The third-order valence-electron chi connectivity index (χ3n) is 5.17. The second-order valence-corrected chi connectivity index (χ2v) is 9.13. The second-order valence-electron chi connectivity index (χ2n) is 7.24. The predicted octanol–water partition coefficient (Wildman–Crippen LogP) is 3.67. The van der Waals surface area contributed by atoms with Gasteiger partial charge in [-0.25, -0.2) is 8.42 Å². The zero-order valence-corrected chi connectivity index (χ0v) is 17.5. The molecular weight excluding hydrogens is 416 g/mol. The van der Waals surface area contributed by atoms with Crippen LogP contribution in [0.5, 0.6) is 0 Å². The highest BCUT2D eigenvalue weighted by molar-refractivity contribution is 7.91. The minimum absolute atomic E-state index is 0.00342. The molecule has 0 atom stereocenters. The van der Waals surface area contributed by atoms with Crippen LogP contribution in [-0.4, -0.2) is 30.4 Å². The van der Waals surface area contributed by atoms with Crippen LogP contribution in [0.4, 0.5) is 5.69 Å². The molecule has 0 unspecified atom stereocenters. The molecular formula is C23H20N2O5S. The number of fused-ring (bicyclic) bond motifs is 1. The van der Waals surface area contributed by atoms with E-state index in [0.29, 0.717) is 33.8 Å². The van der Waals surface area contributed by atoms with Crippen LogP contribution < -0.4 is 5.32 Å². The van der Waals surface area contributed by atoms with E-state index < -0.39 is 15.8 Å². The first-order chi connectivity index (χ1) is 14.8. The number of hydrogen-bond donors (Lipinski definition) is 3. The van der Waals surface area contributed by atoms with Gasteiger partial charge in [-0.15, -0.1) is 0 Å². The summed E-state index contributed by atoms with van der Waals surface area (Å²) in [6.45, 7) is 1.63. The van der Waals surface area contributed by atoms with Gasteiger partial charge < -0.3 is 15.4 Å². The number of carboxylic acid groups (broad SMARTS) is 1. The van der Waals surface area contributed by atoms with Gasteiger partial charge in [0.2, 0.25) is 9.84 Å². The van der Waals surface area contributed by atoms with E-state index in [1.54, 1.807) is 43.3 Å². The Bertz CT molecular complexity index is 1320. The van der Waals surface area contributed by atoms with Gasteiger partial charge >= 0.3 is 5.97 Å². The van der Waals surface area contributed by atoms with Crippen molar-refractivity contribution in [3.63, 3.8) is 0 Å². The van der Waals surface area contributed by atoms with Gasteiger partial charge in [0.15, 0.2) is 0 Å². The van der Waals surface area contributed by atoms with Crippen molar-refractivity contribution >= 4 is 39.1 Å². The Kier molecular flexibility index (Phi) is 5.24. The van der Waals surface area contributed by atoms with Crippen LogP contribution in [0.25, 0.3) is 11.6 Å². The normalized spacial score (nSPS) is 14.5. The first-order valence-corrected chi connectivity index (χ1v) is 11.1. The molecule has 8 heteroatoms. The molecule has 0 fully saturated rings. The second kappa shape index (κ2) is 7.88. The summed E-state index contributed by atoms with van der Waals surface area (Å²) in [7, 11) is -3.89. The summed E-state index contributed by atoms with van der Waals surface area (Å²) < 4.78 is 26.7. The van der Waals surface area contributed by atoms with Gasteiger partial charge in [-0.2, -0.15) is 0 Å². The van der Waals surface area contributed by atoms with Crippen molar-refractivity contribution in [1.29, 1.82) is 0 Å². The van der Waals surface area contributed by atoms with E-state index in [1.807, 2.05) is 12.1 Å². The Morgan fingerprint density at radius 3 is 2.45 bits per heavy atom. The van der Waals surface area contributed by atoms with E-state index in [0.717, 1.165) is 0 Å². The van der Waals surface area contributed by atoms with E-state index in [1.165, 1.54) is 12.1 Å². The summed E-state index contributed by atoms with van der Waals surface area (Å²) in [6.07, 6.45) is 1.35. The Hall–Kier alpha value is -3.65. The highest BCUT2D eigenvalue weighted by atomic mass is 32.2. The van der Waals surface area contributed by atoms with Crippen LogP contribution in [0.1, 0.15) is 28.9 Å². The number of carboxylic acids is 1. The molecule has 3 aromatic rings. The topological polar surface area (TPSA) is 116 Å². The average molecular weight is 436 g/mol. The molecule has 0 radical (unpaired) electrons. The molecule has 7 nitrogen and oxygen atoms in total. The van der Waals surface area contributed by atoms with Crippen molar-refractivity contribution < 1.29 is 23.1 Å². The van der Waals surface area contributed by atoms with Gasteiger partial charge in [-0.05, 0) is 43.2 Å². The molecule has 1 aromatic heterocycles. The number of carbonyl (C=O) groups is 2. The van der Waals surface area contributed by atoms with Crippen LogP contribution in [-0.2, 0) is 25.8 Å². The molecule has 4 rings (SSSR count). The number of aromatic nitrogens is 1. The van der Waals surface area contributed by atoms with Crippen LogP contribution in [0.2, 0.25) is 0 Å². The number of nitrogens with one attached hydrogen (secondary N) is 2. The average Bonchev–Trinajstić information content (AvgIpc) is 3.23. The number of rotatable bonds is 6. The summed E-state index contributed by atoms with van der Waals surface area (Å²) in [4.78, 5) is 27.0. The third-order valence-corrected chi connectivity index (χ3v) is 7.15. The SMILES string of the molecule is Cc1[nH]c(/C=C2\C(=O)Nc3ccccc32)c(CCC(=O)O)c1S(=O)(=O)c1ccccc1. The van der Waals surface area contributed by atoms with E-state index in [9.17, 15) is 23.1 Å². The van der Waals surface area contributed by atoms with Gasteiger partial charge in [-0.3, -0.25) is 9.59 Å². The number of aryl methyl sites for hydroxylation is 1. The number of H-pyrrole nitrogens is 1. The molecule has 2 aromatic carbocycles. The van der Waals surface area contributed by atoms with Crippen LogP contribution in [0, 0.1) is 6.92 Å². The molecule has 0 spiro atoms. The number of aliphatic carboxylic acids is 1. The first kappa shape index (κ1) is 20.6. The van der Waals surface area contributed by atoms with Crippen molar-refractivity contribution in [3.05, 3.63) is 77.1 Å². The number of hydrogen-bond acceptors (Lipinski definition) is 4. The molecule has 1 amide bonds. The number of carbonyl (C=O) groups excluding carboxylic acids is 1. The Balaban J connectivity index is 1.90. The Labute approximate surface area is 179 Å². The zero-order valence-electron chi connectivity index (χ0n) is 16.7. The molecule has 31 heavy (non-hydrogen) atoms. The molecule has 1 aliphatic rings. The molecule has 3 N–H and O–H groups in total. The van der Waals surface area contributed by atoms with Gasteiger partial charge in [0.1, 0.15) is 0 Å². The largest absolute Gasteiger partial charge is 0.481 e. The lowest BCUT2D eigenvalue weighted by molar-refractivity contribution is -0.137. The third kappa shape index (κ3) is 3.77. The van der Waals surface area contributed by atoms with Crippen molar-refractivity contribution in [2.75, 3.05) is 5.32 Å². The van der Waals surface area contributed by atoms with Crippen molar-refractivity contribution in [1.82, 2.24) is 4.98 Å². The first-order valence-electron chi connectivity index (χ1n) is 9.65. The Morgan fingerprint density at radius 1 is 1.06 bits per heavy atom. The van der Waals surface area contributed by atoms with Crippen LogP contribution >= 0.6 is 0 Å². The van der Waals surface area contributed by atoms with Crippen molar-refractivity contribution in [3.8, 4) is 0 Å². The quantitative estimate of drug-likeness (QED) is 0.510. The summed E-state index contributed by atoms with van der Waals surface area (Å²) in [5.41, 5.74) is 2.92. The van der Waals surface area contributed by atoms with Crippen LogP contribution in [0.3, 0.4) is 0 Å². The fourth-order valence-corrected chi connectivity index (χ4v) is 5.54. The summed E-state index contributed by atoms with van der Waals surface area (Å²) in [6, 6.07) is 15.2. The number of sulfone groups is 1. The zero-order chi connectivity index (χ0) is 22.2. The fourth-order valence-electron chi connectivity index (χ4n) is 3.79. The molecule has 1 aliphatic heterocycles. The highest BCUT2D eigenvalue weighted by Gasteiger charge is 2.29. The summed E-state index contributed by atoms with van der Waals surface area (Å²) in [5, 5.41) is 12.0. The van der Waals surface area contributed by atoms with Gasteiger partial charge in [-0.1, -0.05) is 36.4 Å². The highest BCUT2D eigenvalue weighted by Crippen LogP contribution is 2.36. The lowest BCUT2D eigenvalue weighted by Crippen LogP contribution is -2.08. The maximum Gasteiger partial charge on any atom is 0.303 e. The van der Waals surface area contributed by atoms with E-state index in [-0.39, 0.29) is 28.5 Å². The van der Waals surface area contributed by atoms with E-state index in [4.69, 9.17) is 0 Å². The lowest BCUT2D eigenvalue weighted by atomic mass is 10.0. The van der Waals surface area contributed by atoms with Gasteiger partial charge in [0.25, 0.3) is 5.91 Å². The predicted molar refractivity (Wildman–Crippen MR) is 116 cm³/mol. The van der Waals surface area contributed by atoms with Crippen LogP contribution in [0.15, 0.2) is 64.4 Å². The maximum atomic E-state index is 13.4. The van der Waals surface area contributed by atoms with E-state index >= 15 is 0 Å². The summed E-state index contributed by atoms with van der Waals surface area (Å²) in [5.74, 6) is -1.34. The van der Waals surface area contributed by atoms with E-state index in [2.05, 4.69) is 10.3 Å². The minimum Gasteiger partial charge on any atom is -0.481 e. The number of para-hydroxylation sites is 1. The number of aromatic amines is 1. The Morgan fingerprint density at radius 2 is 1.74 bits per heavy atom. The number of amides is 1. The van der Waals surface area contributed by atoms with Crippen molar-refractivity contribution in [2.45, 2.75) is 29.6 Å². The molecule has 0 bridgehead atoms. The van der Waals surface area contributed by atoms with Crippen molar-refractivity contribution in [2.24, 2.45) is 0 Å². The standard InChI is InChI=1S/C23H20N2O5S/c1-14-22(31(29,30)15-7-3-2-4-8-15)17(11-12-21(26)27)20(24-14)13-18-16-9-5-6-10-19(16)25-23(18)28/h2-10,13,24H,11-12H2,1H3,(H,25,28)(H,26,27)/b18-13-. The lowest BCUT2D eigenvalue weighted by Gasteiger charge is -2.08. The molecule has 0 saturated carbocycles. The fraction of sp³-hybridized carbons (Fsp3) is 0.130. The monoisotopic (exact) mass is 436 g/mol. The molecule has 0 aliphatic carbocycles. The number of benzene rings is 2. The smallest absolute Gasteiger partial charge is 0.303 e. The number of anilines is 1. The maximum absolute atomic E-state index is 13.4. The molecule has 2 heterocycles.